The lowest BCUT2D eigenvalue weighted by Crippen LogP contribution is -2.58. The zero-order valence-corrected chi connectivity index (χ0v) is 12.6. The molecule has 2 unspecified atom stereocenters. The van der Waals surface area contributed by atoms with Gasteiger partial charge in [-0.05, 0) is 31.1 Å². The van der Waals surface area contributed by atoms with E-state index in [-0.39, 0.29) is 0 Å². The average Bonchev–Trinajstić information content (AvgIpc) is 3.22. The Balaban J connectivity index is 1.90. The van der Waals surface area contributed by atoms with Crippen molar-refractivity contribution in [1.82, 2.24) is 10.2 Å². The summed E-state index contributed by atoms with van der Waals surface area (Å²) in [4.78, 5) is 2.82. The van der Waals surface area contributed by atoms with E-state index in [2.05, 4.69) is 31.0 Å². The first-order valence-electron chi connectivity index (χ1n) is 8.25. The van der Waals surface area contributed by atoms with E-state index in [0.717, 1.165) is 23.9 Å². The summed E-state index contributed by atoms with van der Waals surface area (Å²) >= 11 is 0. The second kappa shape index (κ2) is 6.91. The van der Waals surface area contributed by atoms with Gasteiger partial charge in [0.25, 0.3) is 0 Å². The number of nitrogens with zero attached hydrogens (tertiary/aromatic N) is 1. The van der Waals surface area contributed by atoms with E-state index in [0.29, 0.717) is 0 Å². The van der Waals surface area contributed by atoms with Crippen LogP contribution < -0.4 is 5.32 Å². The van der Waals surface area contributed by atoms with Crippen LogP contribution in [0, 0.1) is 11.8 Å². The summed E-state index contributed by atoms with van der Waals surface area (Å²) in [7, 11) is 0. The molecular formula is C16H32N2. The van der Waals surface area contributed by atoms with Gasteiger partial charge in [-0.2, -0.15) is 0 Å². The van der Waals surface area contributed by atoms with E-state index in [1.807, 2.05) is 0 Å². The molecule has 2 aliphatic rings. The molecule has 2 nitrogen and oxygen atoms in total. The molecule has 2 rings (SSSR count). The van der Waals surface area contributed by atoms with Crippen molar-refractivity contribution in [3.63, 3.8) is 0 Å². The average molecular weight is 252 g/mol. The van der Waals surface area contributed by atoms with E-state index in [4.69, 9.17) is 0 Å². The van der Waals surface area contributed by atoms with Gasteiger partial charge in [0.05, 0.1) is 0 Å². The summed E-state index contributed by atoms with van der Waals surface area (Å²) < 4.78 is 0. The van der Waals surface area contributed by atoms with Crippen LogP contribution in [0.1, 0.15) is 59.3 Å². The van der Waals surface area contributed by atoms with Crippen LogP contribution in [-0.2, 0) is 0 Å². The molecule has 1 saturated heterocycles. The molecule has 2 heteroatoms. The Kier molecular flexibility index (Phi) is 5.50. The Morgan fingerprint density at radius 2 is 1.89 bits per heavy atom. The molecule has 1 heterocycles. The Hall–Kier alpha value is -0.0800. The molecule has 18 heavy (non-hydrogen) atoms. The Morgan fingerprint density at radius 3 is 2.44 bits per heavy atom. The van der Waals surface area contributed by atoms with Crippen molar-refractivity contribution in [2.24, 2.45) is 11.8 Å². The molecule has 106 valence electrons. The van der Waals surface area contributed by atoms with Crippen molar-refractivity contribution in [1.29, 1.82) is 0 Å². The van der Waals surface area contributed by atoms with Crippen molar-refractivity contribution in [2.45, 2.75) is 71.4 Å². The molecule has 0 aromatic carbocycles. The highest BCUT2D eigenvalue weighted by Gasteiger charge is 2.37. The van der Waals surface area contributed by atoms with Crippen molar-refractivity contribution in [3.05, 3.63) is 0 Å². The summed E-state index contributed by atoms with van der Waals surface area (Å²) in [6.07, 6.45) is 8.30. The monoisotopic (exact) mass is 252 g/mol. The fourth-order valence-electron chi connectivity index (χ4n) is 3.42. The van der Waals surface area contributed by atoms with Gasteiger partial charge in [0.1, 0.15) is 0 Å². The van der Waals surface area contributed by atoms with Crippen molar-refractivity contribution < 1.29 is 0 Å². The van der Waals surface area contributed by atoms with Gasteiger partial charge < -0.3 is 5.32 Å². The number of nitrogens with one attached hydrogen (secondary N) is 1. The Morgan fingerprint density at radius 1 is 1.17 bits per heavy atom. The lowest BCUT2D eigenvalue weighted by atomic mass is 9.97. The van der Waals surface area contributed by atoms with E-state index in [1.165, 1.54) is 58.2 Å². The molecule has 1 aliphatic heterocycles. The summed E-state index contributed by atoms with van der Waals surface area (Å²) in [5, 5.41) is 3.81. The van der Waals surface area contributed by atoms with Gasteiger partial charge >= 0.3 is 0 Å². The maximum absolute atomic E-state index is 3.81. The standard InChI is InChI=1S/C16H32N2/c1-4-7-15-10-17-16(14-8-9-14)12-18(15)11-13(5-2)6-3/h13-17H,4-12H2,1-3H3. The van der Waals surface area contributed by atoms with Gasteiger partial charge in [-0.1, -0.05) is 40.0 Å². The van der Waals surface area contributed by atoms with Crippen LogP contribution in [-0.4, -0.2) is 36.6 Å². The molecule has 0 aromatic heterocycles. The van der Waals surface area contributed by atoms with Crippen LogP contribution in [0.4, 0.5) is 0 Å². The molecular weight excluding hydrogens is 220 g/mol. The summed E-state index contributed by atoms with van der Waals surface area (Å²) in [5.41, 5.74) is 0. The third-order valence-corrected chi connectivity index (χ3v) is 5.02. The maximum atomic E-state index is 3.81. The lowest BCUT2D eigenvalue weighted by molar-refractivity contribution is 0.0949. The summed E-state index contributed by atoms with van der Waals surface area (Å²) in [5.74, 6) is 1.90. The molecule has 2 atom stereocenters. The molecule has 1 N–H and O–H groups in total. The first-order valence-corrected chi connectivity index (χ1v) is 8.25. The van der Waals surface area contributed by atoms with Gasteiger partial charge in [-0.3, -0.25) is 4.90 Å². The number of hydrogen-bond acceptors (Lipinski definition) is 2. The Labute approximate surface area is 114 Å². The first kappa shape index (κ1) is 14.3. The largest absolute Gasteiger partial charge is 0.311 e. The van der Waals surface area contributed by atoms with E-state index >= 15 is 0 Å². The van der Waals surface area contributed by atoms with Crippen LogP contribution in [0.15, 0.2) is 0 Å². The highest BCUT2D eigenvalue weighted by molar-refractivity contribution is 4.94. The third-order valence-electron chi connectivity index (χ3n) is 5.02. The molecule has 0 amide bonds. The normalized spacial score (nSPS) is 30.0. The summed E-state index contributed by atoms with van der Waals surface area (Å²) in [6, 6.07) is 1.60. The quantitative estimate of drug-likeness (QED) is 0.748. The van der Waals surface area contributed by atoms with E-state index in [1.54, 1.807) is 0 Å². The number of piperazine rings is 1. The summed E-state index contributed by atoms with van der Waals surface area (Å²) in [6.45, 7) is 10.9. The number of hydrogen-bond donors (Lipinski definition) is 1. The zero-order valence-electron chi connectivity index (χ0n) is 12.6. The van der Waals surface area contributed by atoms with Gasteiger partial charge in [-0.15, -0.1) is 0 Å². The lowest BCUT2D eigenvalue weighted by Gasteiger charge is -2.42. The van der Waals surface area contributed by atoms with Gasteiger partial charge in [0.2, 0.25) is 0 Å². The van der Waals surface area contributed by atoms with E-state index < -0.39 is 0 Å². The first-order chi connectivity index (χ1) is 8.78. The van der Waals surface area contributed by atoms with Crippen molar-refractivity contribution in [2.75, 3.05) is 19.6 Å². The van der Waals surface area contributed by atoms with Gasteiger partial charge in [-0.25, -0.2) is 0 Å². The van der Waals surface area contributed by atoms with Gasteiger partial charge in [0.15, 0.2) is 0 Å². The second-order valence-corrected chi connectivity index (χ2v) is 6.43. The topological polar surface area (TPSA) is 15.3 Å². The molecule has 0 aromatic rings. The number of rotatable bonds is 7. The maximum Gasteiger partial charge on any atom is 0.0224 e. The van der Waals surface area contributed by atoms with Crippen LogP contribution >= 0.6 is 0 Å². The smallest absolute Gasteiger partial charge is 0.0224 e. The fraction of sp³-hybridized carbons (Fsp3) is 1.00. The second-order valence-electron chi connectivity index (χ2n) is 6.43. The Bertz CT molecular complexity index is 231. The third kappa shape index (κ3) is 3.71. The minimum absolute atomic E-state index is 0.797. The minimum Gasteiger partial charge on any atom is -0.311 e. The molecule has 1 saturated carbocycles. The van der Waals surface area contributed by atoms with Crippen LogP contribution in [0.25, 0.3) is 0 Å². The molecule has 0 radical (unpaired) electrons. The van der Waals surface area contributed by atoms with Crippen molar-refractivity contribution >= 4 is 0 Å². The molecule has 0 bridgehead atoms. The molecule has 2 fully saturated rings. The fourth-order valence-corrected chi connectivity index (χ4v) is 3.42. The van der Waals surface area contributed by atoms with Crippen molar-refractivity contribution in [3.8, 4) is 0 Å². The predicted octanol–water partition coefficient (Wildman–Crippen LogP) is 3.28. The minimum atomic E-state index is 0.797. The van der Waals surface area contributed by atoms with Crippen LogP contribution in [0.2, 0.25) is 0 Å². The van der Waals surface area contributed by atoms with E-state index in [9.17, 15) is 0 Å². The molecule has 1 aliphatic carbocycles. The predicted molar refractivity (Wildman–Crippen MR) is 78.9 cm³/mol. The van der Waals surface area contributed by atoms with Crippen LogP contribution in [0.5, 0.6) is 0 Å². The van der Waals surface area contributed by atoms with Gasteiger partial charge in [0, 0.05) is 31.7 Å². The van der Waals surface area contributed by atoms with Crippen LogP contribution in [0.3, 0.4) is 0 Å². The highest BCUT2D eigenvalue weighted by Crippen LogP contribution is 2.34. The molecule has 0 spiro atoms. The highest BCUT2D eigenvalue weighted by atomic mass is 15.2. The zero-order chi connectivity index (χ0) is 13.0. The SMILES string of the molecule is CCCC1CNC(C2CC2)CN1CC(CC)CC.